The second-order valence-electron chi connectivity index (χ2n) is 12.3. The van der Waals surface area contributed by atoms with Crippen molar-refractivity contribution in [3.63, 3.8) is 0 Å². The number of nitrogens with zero attached hydrogens (tertiary/aromatic N) is 4. The van der Waals surface area contributed by atoms with Gasteiger partial charge in [-0.1, -0.05) is 6.92 Å². The van der Waals surface area contributed by atoms with Gasteiger partial charge in [0.05, 0.1) is 36.7 Å². The number of likely N-dealkylation sites (N-methyl/N-ethyl adjacent to an activating group) is 1. The molecule has 1 aromatic heterocycles. The van der Waals surface area contributed by atoms with Gasteiger partial charge in [0.2, 0.25) is 0 Å². The molecule has 2 aromatic carbocycles. The van der Waals surface area contributed by atoms with Gasteiger partial charge in [-0.2, -0.15) is 4.31 Å². The molecule has 1 aliphatic heterocycles. The summed E-state index contributed by atoms with van der Waals surface area (Å²) in [5.41, 5.74) is 0.872. The van der Waals surface area contributed by atoms with E-state index in [-0.39, 0.29) is 42.3 Å². The van der Waals surface area contributed by atoms with E-state index in [1.54, 1.807) is 30.7 Å². The van der Waals surface area contributed by atoms with Crippen LogP contribution in [0.15, 0.2) is 60.0 Å². The number of aliphatic hydroxyl groups is 1. The smallest absolute Gasteiger partial charge is 0.323 e. The van der Waals surface area contributed by atoms with Gasteiger partial charge in [0, 0.05) is 57.3 Å². The Balaban J connectivity index is 1.62. The lowest BCUT2D eigenvalue weighted by Gasteiger charge is -2.35. The molecule has 0 saturated heterocycles. The number of hydrogen-bond donors (Lipinski definition) is 3. The average Bonchev–Trinajstić information content (AvgIpc) is 3.50. The van der Waals surface area contributed by atoms with Gasteiger partial charge in [0.25, 0.3) is 15.9 Å². The second kappa shape index (κ2) is 16.4. The molecule has 0 fully saturated rings. The summed E-state index contributed by atoms with van der Waals surface area (Å²) in [6.07, 6.45) is 4.16. The minimum Gasteiger partial charge on any atom is -0.490 e. The van der Waals surface area contributed by atoms with E-state index < -0.39 is 39.9 Å². The van der Waals surface area contributed by atoms with Crippen molar-refractivity contribution in [2.75, 3.05) is 44.0 Å². The summed E-state index contributed by atoms with van der Waals surface area (Å²) in [6.45, 7) is 5.68. The summed E-state index contributed by atoms with van der Waals surface area (Å²) in [5, 5.41) is 15.4. The van der Waals surface area contributed by atoms with Crippen molar-refractivity contribution in [1.82, 2.24) is 18.8 Å². The number of urea groups is 1. The van der Waals surface area contributed by atoms with Crippen LogP contribution in [0, 0.1) is 11.7 Å². The molecular formula is C33H45FN6O7S. The molecule has 3 N–H and O–H groups in total. The summed E-state index contributed by atoms with van der Waals surface area (Å²) < 4.78 is 55.2. The molecule has 3 aromatic rings. The lowest BCUT2D eigenvalue weighted by atomic mass is 10.0. The van der Waals surface area contributed by atoms with E-state index in [2.05, 4.69) is 15.6 Å². The highest BCUT2D eigenvalue weighted by molar-refractivity contribution is 7.89. The topological polar surface area (TPSA) is 155 Å². The van der Waals surface area contributed by atoms with Crippen LogP contribution in [0.3, 0.4) is 0 Å². The Kier molecular flexibility index (Phi) is 12.5. The first kappa shape index (κ1) is 36.8. The van der Waals surface area contributed by atoms with Crippen LogP contribution in [0.5, 0.6) is 5.75 Å². The monoisotopic (exact) mass is 688 g/mol. The summed E-state index contributed by atoms with van der Waals surface area (Å²) in [5.74, 6) is -0.919. The number of imidazole rings is 1. The number of carbonyl (C=O) groups excluding carboxylic acids is 2. The lowest BCUT2D eigenvalue weighted by Crippen LogP contribution is -2.48. The molecule has 262 valence electrons. The van der Waals surface area contributed by atoms with Crippen LogP contribution in [0.25, 0.3) is 0 Å². The Bertz CT molecular complexity index is 1650. The Morgan fingerprint density at radius 1 is 1.15 bits per heavy atom. The zero-order chi connectivity index (χ0) is 35.0. The molecule has 4 atom stereocenters. The molecular weight excluding hydrogens is 643 g/mol. The number of amides is 3. The molecule has 13 nitrogen and oxygen atoms in total. The van der Waals surface area contributed by atoms with Gasteiger partial charge in [-0.05, 0) is 75.6 Å². The van der Waals surface area contributed by atoms with Gasteiger partial charge in [-0.3, -0.25) is 4.79 Å². The number of ether oxygens (including phenoxy) is 2. The first-order valence-corrected chi connectivity index (χ1v) is 17.3. The van der Waals surface area contributed by atoms with E-state index in [0.29, 0.717) is 36.6 Å². The van der Waals surface area contributed by atoms with Gasteiger partial charge < -0.3 is 34.7 Å². The molecule has 4 rings (SSSR count). The van der Waals surface area contributed by atoms with E-state index in [1.807, 2.05) is 13.8 Å². The van der Waals surface area contributed by atoms with Gasteiger partial charge in [-0.25, -0.2) is 22.6 Å². The third-order valence-electron chi connectivity index (χ3n) is 8.20. The predicted octanol–water partition coefficient (Wildman–Crippen LogP) is 4.32. The highest BCUT2D eigenvalue weighted by atomic mass is 32.2. The number of benzene rings is 2. The molecule has 0 aliphatic carbocycles. The van der Waals surface area contributed by atoms with Crippen LogP contribution in [-0.2, 0) is 21.8 Å². The highest BCUT2D eigenvalue weighted by Crippen LogP contribution is 2.29. The van der Waals surface area contributed by atoms with Gasteiger partial charge in [0.15, 0.2) is 5.03 Å². The van der Waals surface area contributed by atoms with E-state index in [4.69, 9.17) is 9.47 Å². The Hall–Kier alpha value is -4.05. The van der Waals surface area contributed by atoms with E-state index in [0.717, 1.165) is 6.42 Å². The molecule has 0 unspecified atom stereocenters. The summed E-state index contributed by atoms with van der Waals surface area (Å²) in [7, 11) is -0.741. The fourth-order valence-electron chi connectivity index (χ4n) is 5.32. The summed E-state index contributed by atoms with van der Waals surface area (Å²) >= 11 is 0. The second-order valence-corrected chi connectivity index (χ2v) is 14.3. The fraction of sp³-hybridized carbons (Fsp3) is 0.485. The lowest BCUT2D eigenvalue weighted by molar-refractivity contribution is -0.00835. The summed E-state index contributed by atoms with van der Waals surface area (Å²) in [4.78, 5) is 32.6. The number of aryl methyl sites for hydroxylation is 1. The molecule has 15 heteroatoms. The normalized spacial score (nSPS) is 20.4. The Morgan fingerprint density at radius 2 is 1.83 bits per heavy atom. The van der Waals surface area contributed by atoms with E-state index >= 15 is 0 Å². The van der Waals surface area contributed by atoms with Gasteiger partial charge in [-0.15, -0.1) is 0 Å². The average molecular weight is 689 g/mol. The molecule has 0 radical (unpaired) electrons. The number of anilines is 2. The maximum Gasteiger partial charge on any atom is 0.323 e. The van der Waals surface area contributed by atoms with E-state index in [1.165, 1.54) is 59.1 Å². The zero-order valence-corrected chi connectivity index (χ0v) is 28.7. The van der Waals surface area contributed by atoms with Crippen molar-refractivity contribution in [3.8, 4) is 5.75 Å². The van der Waals surface area contributed by atoms with Crippen molar-refractivity contribution in [3.05, 3.63) is 66.4 Å². The van der Waals surface area contributed by atoms with Crippen molar-refractivity contribution < 1.29 is 37.0 Å². The van der Waals surface area contributed by atoms with Crippen molar-refractivity contribution in [2.24, 2.45) is 13.0 Å². The molecule has 1 aliphatic rings. The summed E-state index contributed by atoms with van der Waals surface area (Å²) in [6, 6.07) is 8.85. The number of rotatable bonds is 8. The molecule has 0 spiro atoms. The highest BCUT2D eigenvalue weighted by Gasteiger charge is 2.33. The molecule has 0 bridgehead atoms. The van der Waals surface area contributed by atoms with Crippen LogP contribution in [-0.4, -0.2) is 95.8 Å². The molecule has 2 heterocycles. The maximum atomic E-state index is 14.3. The quantitative estimate of drug-likeness (QED) is 0.316. The van der Waals surface area contributed by atoms with Crippen molar-refractivity contribution in [1.29, 1.82) is 0 Å². The molecule has 3 amide bonds. The number of aromatic nitrogens is 2. The van der Waals surface area contributed by atoms with Crippen LogP contribution in [0.1, 0.15) is 50.4 Å². The number of fused-ring (bicyclic) bond motifs is 1. The molecule has 48 heavy (non-hydrogen) atoms. The number of hydrogen-bond acceptors (Lipinski definition) is 8. The SMILES string of the molecule is C[C@@H]1CN([C@H](C)CO)C(=O)c2cc(NC(=O)Nc3ccc(F)cc3)ccc2O[C@@H](C)CCCCO[C@@H]1CN(C)S(=O)(=O)c1cn(C)cn1. The maximum absolute atomic E-state index is 14.3. The fourth-order valence-corrected chi connectivity index (χ4v) is 6.47. The Labute approximate surface area is 281 Å². The number of aliphatic hydroxyl groups excluding tert-OH is 1. The minimum atomic E-state index is -3.90. The van der Waals surface area contributed by atoms with E-state index in [9.17, 15) is 27.5 Å². The minimum absolute atomic E-state index is 0.0168. The van der Waals surface area contributed by atoms with Crippen LogP contribution in [0.4, 0.5) is 20.6 Å². The largest absolute Gasteiger partial charge is 0.490 e. The number of halogens is 1. The number of sulfonamides is 1. The third-order valence-corrected chi connectivity index (χ3v) is 9.91. The predicted molar refractivity (Wildman–Crippen MR) is 179 cm³/mol. The van der Waals surface area contributed by atoms with Gasteiger partial charge >= 0.3 is 6.03 Å². The third kappa shape index (κ3) is 9.52. The van der Waals surface area contributed by atoms with Crippen LogP contribution >= 0.6 is 0 Å². The van der Waals surface area contributed by atoms with Crippen LogP contribution < -0.4 is 15.4 Å². The number of carbonyl (C=O) groups is 2. The van der Waals surface area contributed by atoms with Crippen molar-refractivity contribution in [2.45, 2.75) is 63.3 Å². The first-order valence-electron chi connectivity index (χ1n) is 15.9. The van der Waals surface area contributed by atoms with Gasteiger partial charge in [0.1, 0.15) is 11.6 Å². The molecule has 0 saturated carbocycles. The van der Waals surface area contributed by atoms with Crippen molar-refractivity contribution >= 4 is 33.3 Å². The number of nitrogens with one attached hydrogen (secondary N) is 2. The Morgan fingerprint density at radius 3 is 2.50 bits per heavy atom. The standard InChI is InChI=1S/C33H45FN6O7S/c1-22-17-40(23(2)20-41)32(42)28-16-27(37-33(43)36-26-11-9-25(34)10-12-26)13-14-29(28)47-24(3)8-6-7-15-46-30(22)18-39(5)48(44,45)31-19-38(4)21-35-31/h9-14,16,19,21-24,30,41H,6-8,15,17-18,20H2,1-5H3,(H2,36,37,43)/t22-,23-,24+,30-/m1/s1. The van der Waals surface area contributed by atoms with Crippen LogP contribution in [0.2, 0.25) is 0 Å². The zero-order valence-electron chi connectivity index (χ0n) is 27.9. The first-order chi connectivity index (χ1) is 22.8.